The van der Waals surface area contributed by atoms with Crippen molar-refractivity contribution in [3.63, 3.8) is 0 Å². The van der Waals surface area contributed by atoms with Crippen LogP contribution < -0.4 is 5.32 Å². The molecule has 0 aromatic rings. The van der Waals surface area contributed by atoms with Gasteiger partial charge in [-0.15, -0.1) is 0 Å². The number of ether oxygens (including phenoxy) is 1. The monoisotopic (exact) mass is 187 g/mol. The Balaban J connectivity index is 2.05. The Kier molecular flexibility index (Phi) is 5.35. The number of rotatable bonds is 5. The lowest BCUT2D eigenvalue weighted by Gasteiger charge is -2.27. The molecule has 78 valence electrons. The Hall–Kier alpha value is -0.120. The quantitative estimate of drug-likeness (QED) is 0.625. The van der Waals surface area contributed by atoms with Gasteiger partial charge < -0.3 is 15.2 Å². The van der Waals surface area contributed by atoms with Crippen molar-refractivity contribution in [2.75, 3.05) is 26.8 Å². The molecule has 1 fully saturated rings. The van der Waals surface area contributed by atoms with Crippen LogP contribution in [-0.2, 0) is 4.74 Å². The Bertz CT molecular complexity index is 130. The molecule has 2 N–H and O–H groups in total. The summed E-state index contributed by atoms with van der Waals surface area (Å²) in [6, 6.07) is 0. The second kappa shape index (κ2) is 6.35. The Labute approximate surface area is 80.5 Å². The van der Waals surface area contributed by atoms with Gasteiger partial charge in [0.2, 0.25) is 0 Å². The molecule has 0 amide bonds. The van der Waals surface area contributed by atoms with Gasteiger partial charge in [0, 0.05) is 20.2 Å². The van der Waals surface area contributed by atoms with Gasteiger partial charge in [-0.05, 0) is 18.8 Å². The van der Waals surface area contributed by atoms with Crippen LogP contribution >= 0.6 is 0 Å². The van der Waals surface area contributed by atoms with Crippen molar-refractivity contribution in [2.45, 2.75) is 31.8 Å². The highest BCUT2D eigenvalue weighted by Crippen LogP contribution is 2.23. The van der Waals surface area contributed by atoms with Gasteiger partial charge in [0.1, 0.15) is 0 Å². The van der Waals surface area contributed by atoms with E-state index >= 15 is 0 Å². The number of nitrogens with one attached hydrogen (secondary N) is 1. The number of aliphatic hydroxyl groups is 1. The van der Waals surface area contributed by atoms with Crippen molar-refractivity contribution < 1.29 is 9.84 Å². The molecule has 1 aliphatic carbocycles. The van der Waals surface area contributed by atoms with E-state index in [4.69, 9.17) is 4.74 Å². The Morgan fingerprint density at radius 2 is 2.15 bits per heavy atom. The average Bonchev–Trinajstić information content (AvgIpc) is 2.15. The van der Waals surface area contributed by atoms with Crippen molar-refractivity contribution in [1.29, 1.82) is 0 Å². The summed E-state index contributed by atoms with van der Waals surface area (Å²) < 4.78 is 4.93. The minimum atomic E-state index is -0.0798. The molecule has 2 atom stereocenters. The minimum Gasteiger partial charge on any atom is -0.393 e. The van der Waals surface area contributed by atoms with E-state index in [1.54, 1.807) is 7.11 Å². The van der Waals surface area contributed by atoms with Crippen LogP contribution in [0.25, 0.3) is 0 Å². The summed E-state index contributed by atoms with van der Waals surface area (Å²) in [4.78, 5) is 0. The first-order valence-electron chi connectivity index (χ1n) is 5.22. The maximum absolute atomic E-state index is 9.65. The van der Waals surface area contributed by atoms with Crippen LogP contribution in [0.15, 0.2) is 0 Å². The summed E-state index contributed by atoms with van der Waals surface area (Å²) in [6.45, 7) is 2.58. The molecule has 0 bridgehead atoms. The molecule has 1 rings (SSSR count). The fourth-order valence-electron chi connectivity index (χ4n) is 1.89. The molecule has 1 aliphatic rings. The number of hydrogen-bond donors (Lipinski definition) is 2. The molecular weight excluding hydrogens is 166 g/mol. The van der Waals surface area contributed by atoms with Crippen LogP contribution in [0, 0.1) is 5.92 Å². The molecule has 0 spiro atoms. The Morgan fingerprint density at radius 3 is 2.85 bits per heavy atom. The summed E-state index contributed by atoms with van der Waals surface area (Å²) in [6.07, 6.45) is 4.53. The largest absolute Gasteiger partial charge is 0.393 e. The average molecular weight is 187 g/mol. The van der Waals surface area contributed by atoms with Gasteiger partial charge in [-0.1, -0.05) is 12.8 Å². The van der Waals surface area contributed by atoms with Crippen molar-refractivity contribution in [2.24, 2.45) is 5.92 Å². The molecule has 0 aromatic heterocycles. The maximum Gasteiger partial charge on any atom is 0.0587 e. The highest BCUT2D eigenvalue weighted by Gasteiger charge is 2.21. The summed E-state index contributed by atoms with van der Waals surface area (Å²) in [7, 11) is 1.71. The van der Waals surface area contributed by atoms with Gasteiger partial charge in [0.05, 0.1) is 12.7 Å². The van der Waals surface area contributed by atoms with E-state index in [9.17, 15) is 5.11 Å². The van der Waals surface area contributed by atoms with Gasteiger partial charge in [0.25, 0.3) is 0 Å². The zero-order valence-corrected chi connectivity index (χ0v) is 8.46. The lowest BCUT2D eigenvalue weighted by molar-refractivity contribution is 0.0685. The van der Waals surface area contributed by atoms with E-state index in [2.05, 4.69) is 5.32 Å². The van der Waals surface area contributed by atoms with E-state index < -0.39 is 0 Å². The van der Waals surface area contributed by atoms with Crippen LogP contribution in [0.4, 0.5) is 0 Å². The zero-order valence-electron chi connectivity index (χ0n) is 8.46. The second-order valence-corrected chi connectivity index (χ2v) is 3.81. The minimum absolute atomic E-state index is 0.0798. The van der Waals surface area contributed by atoms with Crippen molar-refractivity contribution in [3.8, 4) is 0 Å². The third-order valence-corrected chi connectivity index (χ3v) is 2.76. The van der Waals surface area contributed by atoms with Gasteiger partial charge in [-0.2, -0.15) is 0 Å². The van der Waals surface area contributed by atoms with E-state index in [-0.39, 0.29) is 6.10 Å². The van der Waals surface area contributed by atoms with Crippen LogP contribution in [0.1, 0.15) is 25.7 Å². The highest BCUT2D eigenvalue weighted by molar-refractivity contribution is 4.75. The van der Waals surface area contributed by atoms with Gasteiger partial charge in [0.15, 0.2) is 0 Å². The van der Waals surface area contributed by atoms with E-state index in [1.165, 1.54) is 19.3 Å². The molecule has 2 unspecified atom stereocenters. The van der Waals surface area contributed by atoms with Crippen molar-refractivity contribution in [1.82, 2.24) is 5.32 Å². The van der Waals surface area contributed by atoms with Gasteiger partial charge in [-0.25, -0.2) is 0 Å². The van der Waals surface area contributed by atoms with Gasteiger partial charge >= 0.3 is 0 Å². The highest BCUT2D eigenvalue weighted by atomic mass is 16.5. The smallest absolute Gasteiger partial charge is 0.0587 e. The van der Waals surface area contributed by atoms with Crippen LogP contribution in [0.2, 0.25) is 0 Å². The topological polar surface area (TPSA) is 41.5 Å². The summed E-state index contributed by atoms with van der Waals surface area (Å²) in [5, 5.41) is 13.0. The number of hydrogen-bond acceptors (Lipinski definition) is 3. The van der Waals surface area contributed by atoms with Gasteiger partial charge in [-0.3, -0.25) is 0 Å². The third kappa shape index (κ3) is 4.07. The lowest BCUT2D eigenvalue weighted by atomic mass is 9.86. The molecule has 0 saturated heterocycles. The first-order valence-corrected chi connectivity index (χ1v) is 5.22. The lowest BCUT2D eigenvalue weighted by Crippen LogP contribution is -2.35. The molecule has 13 heavy (non-hydrogen) atoms. The van der Waals surface area contributed by atoms with Crippen LogP contribution in [-0.4, -0.2) is 38.0 Å². The van der Waals surface area contributed by atoms with Crippen molar-refractivity contribution in [3.05, 3.63) is 0 Å². The SMILES string of the molecule is COCCNCC1CCCCC1O. The molecule has 3 nitrogen and oxygen atoms in total. The summed E-state index contributed by atoms with van der Waals surface area (Å²) >= 11 is 0. The molecule has 0 radical (unpaired) electrons. The second-order valence-electron chi connectivity index (χ2n) is 3.81. The molecule has 3 heteroatoms. The van der Waals surface area contributed by atoms with E-state index in [0.717, 1.165) is 26.1 Å². The fraction of sp³-hybridized carbons (Fsp3) is 1.00. The standard InChI is InChI=1S/C10H21NO2/c1-13-7-6-11-8-9-4-2-3-5-10(9)12/h9-12H,2-8H2,1H3. The van der Waals surface area contributed by atoms with E-state index in [1.807, 2.05) is 0 Å². The first-order chi connectivity index (χ1) is 6.34. The van der Waals surface area contributed by atoms with E-state index in [0.29, 0.717) is 5.92 Å². The van der Waals surface area contributed by atoms with Crippen LogP contribution in [0.3, 0.4) is 0 Å². The molecular formula is C10H21NO2. The predicted octanol–water partition coefficient (Wildman–Crippen LogP) is 0.773. The first kappa shape index (κ1) is 11.0. The number of aliphatic hydroxyl groups excluding tert-OH is 1. The fourth-order valence-corrected chi connectivity index (χ4v) is 1.89. The summed E-state index contributed by atoms with van der Waals surface area (Å²) in [5.41, 5.74) is 0. The summed E-state index contributed by atoms with van der Waals surface area (Å²) in [5.74, 6) is 0.464. The third-order valence-electron chi connectivity index (χ3n) is 2.76. The number of methoxy groups -OCH3 is 1. The Morgan fingerprint density at radius 1 is 1.38 bits per heavy atom. The zero-order chi connectivity index (χ0) is 9.52. The molecule has 0 aromatic carbocycles. The maximum atomic E-state index is 9.65. The molecule has 0 aliphatic heterocycles. The molecule has 1 saturated carbocycles. The van der Waals surface area contributed by atoms with Crippen molar-refractivity contribution >= 4 is 0 Å². The van der Waals surface area contributed by atoms with Crippen LogP contribution in [0.5, 0.6) is 0 Å². The normalized spacial score (nSPS) is 29.1. The molecule has 0 heterocycles. The predicted molar refractivity (Wildman–Crippen MR) is 52.7 cm³/mol.